The van der Waals surface area contributed by atoms with Crippen molar-refractivity contribution < 1.29 is 18.7 Å². The molecule has 0 spiro atoms. The number of ether oxygens (including phenoxy) is 1. The van der Waals surface area contributed by atoms with Gasteiger partial charge in [-0.2, -0.15) is 0 Å². The van der Waals surface area contributed by atoms with Crippen molar-refractivity contribution >= 4 is 11.9 Å². The minimum Gasteiger partial charge on any atom is -0.469 e. The number of benzene rings is 1. The summed E-state index contributed by atoms with van der Waals surface area (Å²) in [4.78, 5) is 22.6. The number of methoxy groups -OCH3 is 1. The Morgan fingerprint density at radius 2 is 2.18 bits per heavy atom. The Labute approximate surface area is 98.8 Å². The van der Waals surface area contributed by atoms with Crippen LogP contribution in [-0.2, 0) is 9.53 Å². The average molecular weight is 239 g/mol. The van der Waals surface area contributed by atoms with E-state index in [1.807, 2.05) is 0 Å². The fourth-order valence-corrected chi connectivity index (χ4v) is 1.32. The van der Waals surface area contributed by atoms with E-state index in [-0.39, 0.29) is 18.0 Å². The Kier molecular flexibility index (Phi) is 4.63. The van der Waals surface area contributed by atoms with Crippen molar-refractivity contribution in [3.63, 3.8) is 0 Å². The van der Waals surface area contributed by atoms with Crippen LogP contribution in [0.25, 0.3) is 0 Å². The van der Waals surface area contributed by atoms with E-state index >= 15 is 0 Å². The second kappa shape index (κ2) is 5.98. The van der Waals surface area contributed by atoms with E-state index < -0.39 is 17.7 Å². The van der Waals surface area contributed by atoms with Crippen LogP contribution < -0.4 is 5.32 Å². The van der Waals surface area contributed by atoms with Gasteiger partial charge in [-0.1, -0.05) is 6.07 Å². The molecule has 0 aliphatic heterocycles. The lowest BCUT2D eigenvalue weighted by atomic mass is 10.1. The van der Waals surface area contributed by atoms with E-state index in [4.69, 9.17) is 0 Å². The molecule has 0 aliphatic carbocycles. The topological polar surface area (TPSA) is 55.4 Å². The fraction of sp³-hybridized carbons (Fsp3) is 0.333. The highest BCUT2D eigenvalue weighted by Gasteiger charge is 2.13. The largest absolute Gasteiger partial charge is 0.469 e. The van der Waals surface area contributed by atoms with Gasteiger partial charge < -0.3 is 10.1 Å². The van der Waals surface area contributed by atoms with Gasteiger partial charge in [-0.3, -0.25) is 9.59 Å². The first-order chi connectivity index (χ1) is 8.02. The summed E-state index contributed by atoms with van der Waals surface area (Å²) >= 11 is 0. The summed E-state index contributed by atoms with van der Waals surface area (Å²) in [5.41, 5.74) is 0.224. The molecule has 1 amide bonds. The molecular formula is C12H14FNO3. The van der Waals surface area contributed by atoms with Crippen LogP contribution >= 0.6 is 0 Å². The molecule has 92 valence electrons. The lowest BCUT2D eigenvalue weighted by Gasteiger charge is -2.12. The van der Waals surface area contributed by atoms with Gasteiger partial charge in [-0.05, 0) is 25.1 Å². The zero-order chi connectivity index (χ0) is 12.8. The first-order valence-corrected chi connectivity index (χ1v) is 5.16. The van der Waals surface area contributed by atoms with Crippen LogP contribution in [0.3, 0.4) is 0 Å². The van der Waals surface area contributed by atoms with Crippen molar-refractivity contribution in [1.82, 2.24) is 5.32 Å². The Bertz CT molecular complexity index is 420. The summed E-state index contributed by atoms with van der Waals surface area (Å²) in [6, 6.07) is 4.99. The molecular weight excluding hydrogens is 225 g/mol. The number of carbonyl (C=O) groups excluding carboxylic acids is 2. The van der Waals surface area contributed by atoms with E-state index in [0.717, 1.165) is 6.07 Å². The minimum absolute atomic E-state index is 0.0809. The molecule has 1 aromatic rings. The molecule has 1 N–H and O–H groups in total. The second-order valence-corrected chi connectivity index (χ2v) is 3.67. The Morgan fingerprint density at radius 3 is 2.76 bits per heavy atom. The van der Waals surface area contributed by atoms with Crippen molar-refractivity contribution in [3.8, 4) is 0 Å². The molecule has 0 saturated carbocycles. The predicted molar refractivity (Wildman–Crippen MR) is 60.0 cm³/mol. The number of halogens is 1. The van der Waals surface area contributed by atoms with Gasteiger partial charge in [0.05, 0.1) is 13.5 Å². The molecule has 0 aromatic heterocycles. The van der Waals surface area contributed by atoms with Crippen LogP contribution in [-0.4, -0.2) is 25.0 Å². The third kappa shape index (κ3) is 4.22. The van der Waals surface area contributed by atoms with Crippen LogP contribution in [0.5, 0.6) is 0 Å². The van der Waals surface area contributed by atoms with Gasteiger partial charge in [0, 0.05) is 11.6 Å². The van der Waals surface area contributed by atoms with E-state index in [1.165, 1.54) is 25.3 Å². The van der Waals surface area contributed by atoms with Crippen LogP contribution in [0.15, 0.2) is 24.3 Å². The standard InChI is InChI=1S/C12H14FNO3/c1-8(6-11(15)17-2)14-12(16)9-4-3-5-10(13)7-9/h3-5,7-8H,6H2,1-2H3,(H,14,16). The summed E-state index contributed by atoms with van der Waals surface area (Å²) < 4.78 is 17.4. The number of hydrogen-bond acceptors (Lipinski definition) is 3. The maximum absolute atomic E-state index is 12.9. The number of carbonyl (C=O) groups is 2. The Hall–Kier alpha value is -1.91. The highest BCUT2D eigenvalue weighted by molar-refractivity contribution is 5.94. The smallest absolute Gasteiger partial charge is 0.307 e. The van der Waals surface area contributed by atoms with Gasteiger partial charge in [-0.15, -0.1) is 0 Å². The molecule has 0 bridgehead atoms. The van der Waals surface area contributed by atoms with E-state index in [1.54, 1.807) is 6.92 Å². The molecule has 5 heteroatoms. The highest BCUT2D eigenvalue weighted by Crippen LogP contribution is 2.04. The molecule has 0 radical (unpaired) electrons. The van der Waals surface area contributed by atoms with Gasteiger partial charge in [-0.25, -0.2) is 4.39 Å². The number of amides is 1. The number of nitrogens with one attached hydrogen (secondary N) is 1. The molecule has 0 aliphatic rings. The quantitative estimate of drug-likeness (QED) is 0.810. The summed E-state index contributed by atoms with van der Waals surface area (Å²) in [7, 11) is 1.28. The molecule has 0 fully saturated rings. The number of rotatable bonds is 4. The van der Waals surface area contributed by atoms with Crippen molar-refractivity contribution in [2.24, 2.45) is 0 Å². The zero-order valence-electron chi connectivity index (χ0n) is 9.70. The first kappa shape index (κ1) is 13.2. The first-order valence-electron chi connectivity index (χ1n) is 5.16. The maximum atomic E-state index is 12.9. The molecule has 1 aromatic carbocycles. The van der Waals surface area contributed by atoms with Crippen LogP contribution in [0.4, 0.5) is 4.39 Å². The SMILES string of the molecule is COC(=O)CC(C)NC(=O)c1cccc(F)c1. The van der Waals surface area contributed by atoms with Gasteiger partial charge in [0.1, 0.15) is 5.82 Å². The lowest BCUT2D eigenvalue weighted by Crippen LogP contribution is -2.34. The Morgan fingerprint density at radius 1 is 1.47 bits per heavy atom. The van der Waals surface area contributed by atoms with Gasteiger partial charge in [0.2, 0.25) is 0 Å². The predicted octanol–water partition coefficient (Wildman–Crippen LogP) is 1.51. The van der Waals surface area contributed by atoms with Crippen LogP contribution in [0.2, 0.25) is 0 Å². The number of esters is 1. The maximum Gasteiger partial charge on any atom is 0.307 e. The third-order valence-corrected chi connectivity index (χ3v) is 2.16. The van der Waals surface area contributed by atoms with E-state index in [2.05, 4.69) is 10.1 Å². The van der Waals surface area contributed by atoms with Crippen LogP contribution in [0.1, 0.15) is 23.7 Å². The number of hydrogen-bond donors (Lipinski definition) is 1. The van der Waals surface area contributed by atoms with E-state index in [9.17, 15) is 14.0 Å². The van der Waals surface area contributed by atoms with E-state index in [0.29, 0.717) is 0 Å². The normalized spacial score (nSPS) is 11.7. The van der Waals surface area contributed by atoms with Crippen LogP contribution in [0, 0.1) is 5.82 Å². The zero-order valence-corrected chi connectivity index (χ0v) is 9.70. The average Bonchev–Trinajstić information content (AvgIpc) is 2.28. The van der Waals surface area contributed by atoms with Crippen molar-refractivity contribution in [1.29, 1.82) is 0 Å². The van der Waals surface area contributed by atoms with Gasteiger partial charge >= 0.3 is 5.97 Å². The molecule has 0 heterocycles. The second-order valence-electron chi connectivity index (χ2n) is 3.67. The Balaban J connectivity index is 2.57. The molecule has 1 rings (SSSR count). The summed E-state index contributed by atoms with van der Waals surface area (Å²) in [6.45, 7) is 1.67. The lowest BCUT2D eigenvalue weighted by molar-refractivity contribution is -0.141. The van der Waals surface area contributed by atoms with Gasteiger partial charge in [0.25, 0.3) is 5.91 Å². The minimum atomic E-state index is -0.474. The molecule has 1 atom stereocenters. The summed E-state index contributed by atoms with van der Waals surface area (Å²) in [6.07, 6.45) is 0.0809. The van der Waals surface area contributed by atoms with Crippen molar-refractivity contribution in [2.75, 3.05) is 7.11 Å². The summed E-state index contributed by atoms with van der Waals surface area (Å²) in [5.74, 6) is -1.30. The molecule has 0 saturated heterocycles. The monoisotopic (exact) mass is 239 g/mol. The summed E-state index contributed by atoms with van der Waals surface area (Å²) in [5, 5.41) is 2.58. The third-order valence-electron chi connectivity index (χ3n) is 2.16. The fourth-order valence-electron chi connectivity index (χ4n) is 1.32. The molecule has 1 unspecified atom stereocenters. The highest BCUT2D eigenvalue weighted by atomic mass is 19.1. The molecule has 17 heavy (non-hydrogen) atoms. The molecule has 4 nitrogen and oxygen atoms in total. The van der Waals surface area contributed by atoms with Gasteiger partial charge in [0.15, 0.2) is 0 Å². The van der Waals surface area contributed by atoms with Crippen molar-refractivity contribution in [3.05, 3.63) is 35.6 Å². The van der Waals surface area contributed by atoms with Crippen molar-refractivity contribution in [2.45, 2.75) is 19.4 Å².